The van der Waals surface area contributed by atoms with Crippen LogP contribution in [0.15, 0.2) is 65.8 Å². The standard InChI is InChI=1S/C29H31F3N6O3/c1-38(2)13-12-36-28(40)20-15-21(29(30,31)32)17-22(16-20)37-26(39)7-6-19-4-3-5-23(14-19)41-24-8-9-33-25(18-24)27-34-10-11-35-27/h3-5,8-9,14-18H,6-7,10-13H2,1-2H3,(H,34,35)(H,36,40)(H,37,39). The van der Waals surface area contributed by atoms with Crippen LogP contribution in [-0.2, 0) is 17.4 Å². The molecule has 2 heterocycles. The molecule has 2 amide bonds. The quantitative estimate of drug-likeness (QED) is 0.322. The molecule has 4 rings (SSSR count). The number of amidine groups is 1. The van der Waals surface area contributed by atoms with Crippen molar-refractivity contribution in [2.75, 3.05) is 45.6 Å². The number of nitrogens with one attached hydrogen (secondary N) is 3. The van der Waals surface area contributed by atoms with Gasteiger partial charge in [-0.25, -0.2) is 0 Å². The van der Waals surface area contributed by atoms with E-state index in [0.29, 0.717) is 42.5 Å². The van der Waals surface area contributed by atoms with Crippen LogP contribution in [0, 0.1) is 0 Å². The predicted octanol–water partition coefficient (Wildman–Crippen LogP) is 4.11. The van der Waals surface area contributed by atoms with E-state index in [0.717, 1.165) is 24.2 Å². The zero-order valence-corrected chi connectivity index (χ0v) is 22.7. The van der Waals surface area contributed by atoms with Gasteiger partial charge in [-0.05, 0) is 62.5 Å². The van der Waals surface area contributed by atoms with E-state index in [4.69, 9.17) is 4.74 Å². The number of nitrogens with zero attached hydrogens (tertiary/aromatic N) is 3. The number of hydrogen-bond acceptors (Lipinski definition) is 7. The summed E-state index contributed by atoms with van der Waals surface area (Å²) in [5, 5.41) is 8.26. The molecular weight excluding hydrogens is 537 g/mol. The van der Waals surface area contributed by atoms with Gasteiger partial charge in [0.05, 0.1) is 12.1 Å². The maximum absolute atomic E-state index is 13.5. The Hall–Kier alpha value is -4.45. The van der Waals surface area contributed by atoms with Gasteiger partial charge >= 0.3 is 6.18 Å². The number of amides is 2. The number of pyridine rings is 1. The monoisotopic (exact) mass is 568 g/mol. The van der Waals surface area contributed by atoms with Crippen LogP contribution < -0.4 is 20.7 Å². The summed E-state index contributed by atoms with van der Waals surface area (Å²) < 4.78 is 46.5. The minimum atomic E-state index is -4.68. The smallest absolute Gasteiger partial charge is 0.416 e. The van der Waals surface area contributed by atoms with E-state index in [9.17, 15) is 22.8 Å². The van der Waals surface area contributed by atoms with Gasteiger partial charge in [0, 0.05) is 49.6 Å². The molecule has 1 aliphatic rings. The maximum Gasteiger partial charge on any atom is 0.416 e. The second-order valence-corrected chi connectivity index (χ2v) is 9.69. The lowest BCUT2D eigenvalue weighted by Crippen LogP contribution is -2.31. The fourth-order valence-corrected chi connectivity index (χ4v) is 4.05. The summed E-state index contributed by atoms with van der Waals surface area (Å²) in [6.45, 7) is 2.25. The van der Waals surface area contributed by atoms with Gasteiger partial charge in [0.2, 0.25) is 5.91 Å². The van der Waals surface area contributed by atoms with Crippen LogP contribution in [-0.4, -0.2) is 67.8 Å². The number of aliphatic imine (C=N–C) groups is 1. The molecule has 0 aliphatic carbocycles. The molecule has 1 aromatic heterocycles. The highest BCUT2D eigenvalue weighted by Gasteiger charge is 2.32. The molecule has 2 aromatic carbocycles. The van der Waals surface area contributed by atoms with Crippen LogP contribution >= 0.6 is 0 Å². The zero-order valence-electron chi connectivity index (χ0n) is 22.7. The molecule has 0 saturated heterocycles. The lowest BCUT2D eigenvalue weighted by molar-refractivity contribution is -0.137. The van der Waals surface area contributed by atoms with Crippen molar-refractivity contribution in [2.24, 2.45) is 4.99 Å². The van der Waals surface area contributed by atoms with Crippen molar-refractivity contribution < 1.29 is 27.5 Å². The lowest BCUT2D eigenvalue weighted by Gasteiger charge is -2.14. The Morgan fingerprint density at radius 3 is 2.61 bits per heavy atom. The van der Waals surface area contributed by atoms with E-state index >= 15 is 0 Å². The summed E-state index contributed by atoms with van der Waals surface area (Å²) >= 11 is 0. The molecule has 9 nitrogen and oxygen atoms in total. The number of aryl methyl sites for hydroxylation is 1. The highest BCUT2D eigenvalue weighted by atomic mass is 19.4. The lowest BCUT2D eigenvalue weighted by atomic mass is 10.1. The number of carbonyl (C=O) groups is 2. The fourth-order valence-electron chi connectivity index (χ4n) is 4.05. The number of carbonyl (C=O) groups excluding carboxylic acids is 2. The summed E-state index contributed by atoms with van der Waals surface area (Å²) in [5.41, 5.74) is 0.173. The molecule has 0 bridgehead atoms. The van der Waals surface area contributed by atoms with Crippen molar-refractivity contribution in [3.63, 3.8) is 0 Å². The van der Waals surface area contributed by atoms with Gasteiger partial charge in [0.25, 0.3) is 5.91 Å². The van der Waals surface area contributed by atoms with Crippen LogP contribution in [0.2, 0.25) is 0 Å². The Labute approximate surface area is 235 Å². The first-order valence-corrected chi connectivity index (χ1v) is 13.0. The Morgan fingerprint density at radius 1 is 1.07 bits per heavy atom. The molecule has 216 valence electrons. The third kappa shape index (κ3) is 8.77. The largest absolute Gasteiger partial charge is 0.457 e. The number of alkyl halides is 3. The highest BCUT2D eigenvalue weighted by Crippen LogP contribution is 2.32. The Bertz CT molecular complexity index is 1420. The van der Waals surface area contributed by atoms with Gasteiger partial charge < -0.3 is 25.6 Å². The van der Waals surface area contributed by atoms with Gasteiger partial charge in [-0.2, -0.15) is 13.2 Å². The van der Waals surface area contributed by atoms with Crippen molar-refractivity contribution in [2.45, 2.75) is 19.0 Å². The highest BCUT2D eigenvalue weighted by molar-refractivity contribution is 5.98. The third-order valence-electron chi connectivity index (χ3n) is 6.07. The zero-order chi connectivity index (χ0) is 29.4. The molecule has 0 radical (unpaired) electrons. The normalized spacial score (nSPS) is 13.0. The molecular formula is C29H31F3N6O3. The Balaban J connectivity index is 1.38. The first-order valence-electron chi connectivity index (χ1n) is 13.0. The number of rotatable bonds is 11. The number of benzene rings is 2. The van der Waals surface area contributed by atoms with Crippen LogP contribution in [0.3, 0.4) is 0 Å². The number of anilines is 1. The number of ether oxygens (including phenoxy) is 1. The SMILES string of the molecule is CN(C)CCNC(=O)c1cc(NC(=O)CCc2cccc(Oc3ccnc(C4=NCCN4)c3)c2)cc(C(F)(F)F)c1. The first kappa shape index (κ1) is 29.5. The van der Waals surface area contributed by atoms with Gasteiger partial charge in [0.15, 0.2) is 0 Å². The second-order valence-electron chi connectivity index (χ2n) is 9.69. The summed E-state index contributed by atoms with van der Waals surface area (Å²) in [4.78, 5) is 35.6. The molecule has 41 heavy (non-hydrogen) atoms. The Kier molecular flexibility index (Phi) is 9.56. The van der Waals surface area contributed by atoms with E-state index in [2.05, 4.69) is 25.9 Å². The molecule has 0 fully saturated rings. The maximum atomic E-state index is 13.5. The van der Waals surface area contributed by atoms with Crippen molar-refractivity contribution in [3.05, 3.63) is 83.2 Å². The van der Waals surface area contributed by atoms with Crippen molar-refractivity contribution in [1.29, 1.82) is 0 Å². The van der Waals surface area contributed by atoms with E-state index in [1.807, 2.05) is 25.1 Å². The molecule has 3 N–H and O–H groups in total. The summed E-state index contributed by atoms with van der Waals surface area (Å²) in [6.07, 6.45) is -2.72. The number of likely N-dealkylation sites (N-methyl/N-ethyl adjacent to an activating group) is 1. The third-order valence-corrected chi connectivity index (χ3v) is 6.07. The molecule has 1 aliphatic heterocycles. The van der Waals surface area contributed by atoms with Crippen molar-refractivity contribution in [1.82, 2.24) is 20.5 Å². The molecule has 3 aromatic rings. The minimum absolute atomic E-state index is 0.00889. The van der Waals surface area contributed by atoms with Crippen LogP contribution in [0.5, 0.6) is 11.5 Å². The molecule has 12 heteroatoms. The van der Waals surface area contributed by atoms with Gasteiger partial charge in [-0.1, -0.05) is 12.1 Å². The number of halogens is 3. The summed E-state index contributed by atoms with van der Waals surface area (Å²) in [5.74, 6) is 0.710. The molecule has 0 saturated carbocycles. The summed E-state index contributed by atoms with van der Waals surface area (Å²) in [7, 11) is 3.63. The van der Waals surface area contributed by atoms with Gasteiger partial charge in [-0.3, -0.25) is 19.6 Å². The topological polar surface area (TPSA) is 108 Å². The van der Waals surface area contributed by atoms with E-state index in [-0.39, 0.29) is 24.2 Å². The average Bonchev–Trinajstić information content (AvgIpc) is 3.47. The van der Waals surface area contributed by atoms with Crippen LogP contribution in [0.1, 0.15) is 33.6 Å². The number of hydrogen-bond donors (Lipinski definition) is 3. The van der Waals surface area contributed by atoms with Crippen molar-refractivity contribution in [3.8, 4) is 11.5 Å². The van der Waals surface area contributed by atoms with Gasteiger partial charge in [0.1, 0.15) is 23.0 Å². The summed E-state index contributed by atoms with van der Waals surface area (Å²) in [6, 6.07) is 13.5. The van der Waals surface area contributed by atoms with E-state index in [1.165, 1.54) is 6.07 Å². The van der Waals surface area contributed by atoms with Crippen molar-refractivity contribution >= 4 is 23.3 Å². The first-order chi connectivity index (χ1) is 19.6. The molecule has 0 atom stereocenters. The average molecular weight is 569 g/mol. The second kappa shape index (κ2) is 13.3. The van der Waals surface area contributed by atoms with Crippen LogP contribution in [0.4, 0.5) is 18.9 Å². The predicted molar refractivity (Wildman–Crippen MR) is 149 cm³/mol. The van der Waals surface area contributed by atoms with E-state index in [1.54, 1.807) is 36.5 Å². The number of aromatic nitrogens is 1. The van der Waals surface area contributed by atoms with Crippen LogP contribution in [0.25, 0.3) is 0 Å². The minimum Gasteiger partial charge on any atom is -0.457 e. The fraction of sp³-hybridized carbons (Fsp3) is 0.310. The molecule has 0 spiro atoms. The molecule has 0 unspecified atom stereocenters. The van der Waals surface area contributed by atoms with E-state index < -0.39 is 23.6 Å². The Morgan fingerprint density at radius 2 is 1.88 bits per heavy atom. The van der Waals surface area contributed by atoms with Gasteiger partial charge in [-0.15, -0.1) is 0 Å².